The molecular formula is C22H18ClNS. The summed E-state index contributed by atoms with van der Waals surface area (Å²) in [5.41, 5.74) is 3.08. The first-order valence-electron chi connectivity index (χ1n) is 8.80. The van der Waals surface area contributed by atoms with Crippen LogP contribution in [-0.2, 0) is 19.3 Å². The molecule has 1 unspecified atom stereocenters. The van der Waals surface area contributed by atoms with E-state index in [0.717, 1.165) is 12.8 Å². The van der Waals surface area contributed by atoms with Crippen molar-refractivity contribution in [3.8, 4) is 0 Å². The van der Waals surface area contributed by atoms with Crippen LogP contribution in [0.5, 0.6) is 0 Å². The fraction of sp³-hybridized carbons (Fsp3) is 0.227. The molecule has 4 aromatic rings. The molecule has 1 aromatic heterocycles. The Bertz CT molecular complexity index is 1080. The first kappa shape index (κ1) is 15.4. The highest BCUT2D eigenvalue weighted by atomic mass is 35.5. The summed E-state index contributed by atoms with van der Waals surface area (Å²) < 4.78 is 0.656. The number of hydrogen-bond acceptors (Lipinski definition) is 2. The van der Waals surface area contributed by atoms with Gasteiger partial charge in [0.25, 0.3) is 0 Å². The van der Waals surface area contributed by atoms with Gasteiger partial charge in [0, 0.05) is 11.1 Å². The molecule has 3 heteroatoms. The molecule has 5 rings (SSSR count). The zero-order chi connectivity index (χ0) is 16.8. The van der Waals surface area contributed by atoms with E-state index in [-0.39, 0.29) is 0 Å². The Kier molecular flexibility index (Phi) is 3.76. The Hall–Kier alpha value is -1.90. The maximum atomic E-state index is 6.00. The van der Waals surface area contributed by atoms with E-state index in [0.29, 0.717) is 10.4 Å². The third-order valence-corrected chi connectivity index (χ3v) is 6.60. The number of halogens is 1. The van der Waals surface area contributed by atoms with Crippen LogP contribution in [0.2, 0.25) is 4.47 Å². The zero-order valence-electron chi connectivity index (χ0n) is 13.8. The van der Waals surface area contributed by atoms with Gasteiger partial charge in [0.15, 0.2) is 4.47 Å². The normalized spacial score (nSPS) is 17.1. The maximum absolute atomic E-state index is 6.00. The van der Waals surface area contributed by atoms with Gasteiger partial charge in [-0.1, -0.05) is 60.1 Å². The highest BCUT2D eigenvalue weighted by molar-refractivity contribution is 7.15. The van der Waals surface area contributed by atoms with Crippen molar-refractivity contribution in [3.63, 3.8) is 0 Å². The van der Waals surface area contributed by atoms with Crippen molar-refractivity contribution in [3.05, 3.63) is 75.2 Å². The summed E-state index contributed by atoms with van der Waals surface area (Å²) in [5.74, 6) is 0.682. The van der Waals surface area contributed by atoms with Crippen molar-refractivity contribution in [2.24, 2.45) is 5.92 Å². The van der Waals surface area contributed by atoms with Crippen LogP contribution in [0.15, 0.2) is 54.7 Å². The predicted molar refractivity (Wildman–Crippen MR) is 108 cm³/mol. The van der Waals surface area contributed by atoms with E-state index in [1.807, 2.05) is 6.20 Å². The van der Waals surface area contributed by atoms with Crippen molar-refractivity contribution in [1.29, 1.82) is 0 Å². The first-order chi connectivity index (χ1) is 12.3. The average molecular weight is 364 g/mol. The summed E-state index contributed by atoms with van der Waals surface area (Å²) in [7, 11) is 0. The molecule has 1 aliphatic carbocycles. The summed E-state index contributed by atoms with van der Waals surface area (Å²) >= 11 is 7.62. The third-order valence-electron chi connectivity index (χ3n) is 5.46. The van der Waals surface area contributed by atoms with Gasteiger partial charge in [0.2, 0.25) is 0 Å². The lowest BCUT2D eigenvalue weighted by atomic mass is 9.79. The lowest BCUT2D eigenvalue weighted by molar-refractivity contribution is 0.461. The van der Waals surface area contributed by atoms with Gasteiger partial charge in [-0.15, -0.1) is 11.3 Å². The molecule has 0 bridgehead atoms. The van der Waals surface area contributed by atoms with E-state index in [9.17, 15) is 0 Å². The van der Waals surface area contributed by atoms with E-state index >= 15 is 0 Å². The molecule has 25 heavy (non-hydrogen) atoms. The van der Waals surface area contributed by atoms with Crippen LogP contribution >= 0.6 is 22.9 Å². The number of aromatic nitrogens is 1. The third kappa shape index (κ3) is 2.74. The monoisotopic (exact) mass is 363 g/mol. The molecule has 0 spiro atoms. The van der Waals surface area contributed by atoms with Gasteiger partial charge in [-0.2, -0.15) is 0 Å². The van der Waals surface area contributed by atoms with E-state index in [1.165, 1.54) is 44.8 Å². The van der Waals surface area contributed by atoms with E-state index in [1.54, 1.807) is 16.9 Å². The summed E-state index contributed by atoms with van der Waals surface area (Å²) in [5, 5.41) is 5.50. The van der Waals surface area contributed by atoms with Gasteiger partial charge >= 0.3 is 0 Å². The van der Waals surface area contributed by atoms with Crippen LogP contribution < -0.4 is 0 Å². The number of rotatable bonds is 2. The zero-order valence-corrected chi connectivity index (χ0v) is 15.4. The molecule has 1 aliphatic rings. The first-order valence-corrected chi connectivity index (χ1v) is 10.00. The lowest BCUT2D eigenvalue weighted by Crippen LogP contribution is -2.16. The van der Waals surface area contributed by atoms with Crippen molar-refractivity contribution < 1.29 is 0 Å². The minimum atomic E-state index is 0.656. The fourth-order valence-electron chi connectivity index (χ4n) is 4.26. The second-order valence-electron chi connectivity index (χ2n) is 6.98. The summed E-state index contributed by atoms with van der Waals surface area (Å²) in [4.78, 5) is 5.50. The summed E-state index contributed by atoms with van der Waals surface area (Å²) in [6.45, 7) is 0. The average Bonchev–Trinajstić information content (AvgIpc) is 3.06. The van der Waals surface area contributed by atoms with E-state index in [4.69, 9.17) is 11.6 Å². The molecule has 0 radical (unpaired) electrons. The molecule has 0 amide bonds. The van der Waals surface area contributed by atoms with E-state index < -0.39 is 0 Å². The van der Waals surface area contributed by atoms with E-state index in [2.05, 4.69) is 53.5 Å². The molecule has 0 fully saturated rings. The van der Waals surface area contributed by atoms with Crippen LogP contribution in [0.1, 0.15) is 22.4 Å². The number of nitrogens with zero attached hydrogens (tertiary/aromatic N) is 1. The van der Waals surface area contributed by atoms with Gasteiger partial charge in [0.05, 0.1) is 0 Å². The molecule has 0 aliphatic heterocycles. The molecule has 1 heterocycles. The van der Waals surface area contributed by atoms with Gasteiger partial charge in [-0.3, -0.25) is 0 Å². The smallest absolute Gasteiger partial charge is 0.183 e. The van der Waals surface area contributed by atoms with Crippen molar-refractivity contribution in [2.75, 3.05) is 0 Å². The molecule has 0 saturated carbocycles. The minimum Gasteiger partial charge on any atom is -0.233 e. The molecule has 3 aromatic carbocycles. The van der Waals surface area contributed by atoms with Crippen molar-refractivity contribution in [1.82, 2.24) is 4.98 Å². The Morgan fingerprint density at radius 2 is 1.88 bits per heavy atom. The van der Waals surface area contributed by atoms with Crippen LogP contribution in [0.25, 0.3) is 21.5 Å². The predicted octanol–water partition coefficient (Wildman–Crippen LogP) is 6.45. The number of aryl methyl sites for hydroxylation is 1. The van der Waals surface area contributed by atoms with Gasteiger partial charge < -0.3 is 0 Å². The van der Waals surface area contributed by atoms with Gasteiger partial charge in [0.1, 0.15) is 0 Å². The van der Waals surface area contributed by atoms with Crippen molar-refractivity contribution >= 4 is 44.5 Å². The van der Waals surface area contributed by atoms with Crippen molar-refractivity contribution in [2.45, 2.75) is 25.7 Å². The second kappa shape index (κ2) is 6.12. The molecular weight excluding hydrogens is 346 g/mol. The summed E-state index contributed by atoms with van der Waals surface area (Å²) in [6.07, 6.45) is 6.62. The number of hydrogen-bond donors (Lipinski definition) is 0. The molecule has 0 N–H and O–H groups in total. The summed E-state index contributed by atoms with van der Waals surface area (Å²) in [6, 6.07) is 17.9. The number of thiazole rings is 1. The van der Waals surface area contributed by atoms with Crippen LogP contribution in [-0.4, -0.2) is 4.98 Å². The largest absolute Gasteiger partial charge is 0.233 e. The lowest BCUT2D eigenvalue weighted by Gasteiger charge is -2.26. The topological polar surface area (TPSA) is 12.9 Å². The number of fused-ring (bicyclic) bond motifs is 5. The maximum Gasteiger partial charge on any atom is 0.183 e. The van der Waals surface area contributed by atoms with Crippen LogP contribution in [0.3, 0.4) is 0 Å². The van der Waals surface area contributed by atoms with Crippen LogP contribution in [0, 0.1) is 5.92 Å². The van der Waals surface area contributed by atoms with Gasteiger partial charge in [-0.05, 0) is 64.3 Å². The van der Waals surface area contributed by atoms with Gasteiger partial charge in [-0.25, -0.2) is 4.98 Å². The van der Waals surface area contributed by atoms with Crippen LogP contribution in [0.4, 0.5) is 0 Å². The fourth-order valence-corrected chi connectivity index (χ4v) is 5.35. The Labute approximate surface area is 156 Å². The standard InChI is InChI=1S/C22H18ClNS/c23-22-24-13-17(25-22)11-14-5-6-16-8-9-19-18-4-2-1-3-15(18)7-10-20(19)21(16)12-14/h1-4,7-10,13-14H,5-6,11-12H2. The Balaban J connectivity index is 1.57. The second-order valence-corrected chi connectivity index (χ2v) is 8.67. The quantitative estimate of drug-likeness (QED) is 0.373. The Morgan fingerprint density at radius 3 is 2.76 bits per heavy atom. The minimum absolute atomic E-state index is 0.656. The molecule has 1 nitrogen and oxygen atoms in total. The Morgan fingerprint density at radius 1 is 1.00 bits per heavy atom. The molecule has 124 valence electrons. The molecule has 0 saturated heterocycles. The molecule has 1 atom stereocenters. The highest BCUT2D eigenvalue weighted by Crippen LogP contribution is 2.36. The SMILES string of the molecule is Clc1ncc(CC2CCc3ccc4c(ccc5ccccc54)c3C2)s1. The number of benzene rings is 3. The highest BCUT2D eigenvalue weighted by Gasteiger charge is 2.22.